The van der Waals surface area contributed by atoms with E-state index in [1.54, 1.807) is 0 Å². The molecule has 16 atom stereocenters. The van der Waals surface area contributed by atoms with Crippen molar-refractivity contribution in [2.24, 2.45) is 52.3 Å². The van der Waals surface area contributed by atoms with Gasteiger partial charge >= 0.3 is 10.4 Å². The van der Waals surface area contributed by atoms with Crippen molar-refractivity contribution in [1.82, 2.24) is 0 Å². The Balaban J connectivity index is 1.48. The fourth-order valence-corrected chi connectivity index (χ4v) is 11.5. The molecule has 0 amide bonds. The molecule has 0 spiro atoms. The molecule has 268 valence electrons. The van der Waals surface area contributed by atoms with E-state index in [0.717, 1.165) is 32.1 Å². The molecule has 1 aliphatic heterocycles. The molecular weight excluding hydrogens is 620 g/mol. The normalized spacial score (nSPS) is 48.5. The molecule has 7 N–H and O–H groups in total. The average molecular weight is 679 g/mol. The van der Waals surface area contributed by atoms with Crippen LogP contribution in [-0.4, -0.2) is 106 Å². The summed E-state index contributed by atoms with van der Waals surface area (Å²) in [6.45, 7) is 8.24. The van der Waals surface area contributed by atoms with E-state index in [9.17, 15) is 43.6 Å². The summed E-state index contributed by atoms with van der Waals surface area (Å²) in [5.41, 5.74) is -0.842. The smallest absolute Gasteiger partial charge is 0.396 e. The topological polar surface area (TPSA) is 203 Å². The predicted molar refractivity (Wildman–Crippen MR) is 166 cm³/mol. The third-order valence-electron chi connectivity index (χ3n) is 13.3. The third kappa shape index (κ3) is 6.82. The molecule has 5 rings (SSSR count). The van der Waals surface area contributed by atoms with Gasteiger partial charge in [-0.1, -0.05) is 40.5 Å². The molecule has 13 heteroatoms. The van der Waals surface area contributed by atoms with E-state index < -0.39 is 71.4 Å². The minimum Gasteiger partial charge on any atom is -0.396 e. The molecule has 5 fully saturated rings. The Kier molecular flexibility index (Phi) is 11.2. The van der Waals surface area contributed by atoms with Crippen molar-refractivity contribution in [3.8, 4) is 0 Å². The lowest BCUT2D eigenvalue weighted by atomic mass is 9.43. The second-order valence-electron chi connectivity index (χ2n) is 16.1. The highest BCUT2D eigenvalue weighted by Gasteiger charge is 2.66. The number of rotatable bonds is 11. The van der Waals surface area contributed by atoms with Crippen LogP contribution in [0.3, 0.4) is 0 Å². The maximum Gasteiger partial charge on any atom is 0.397 e. The number of aliphatic hydroxyl groups is 6. The number of fused-ring (bicyclic) bond motifs is 5. The zero-order valence-corrected chi connectivity index (χ0v) is 28.5. The van der Waals surface area contributed by atoms with Crippen LogP contribution in [0, 0.1) is 52.3 Å². The van der Waals surface area contributed by atoms with Gasteiger partial charge in [-0.05, 0) is 98.2 Å². The van der Waals surface area contributed by atoms with Crippen LogP contribution in [0.25, 0.3) is 0 Å². The maximum atomic E-state index is 11.6. The standard InChI is InChI=1S/C33H58O12S/c1-17(2)6-5-7-18(15-34)21-8-9-22-20-13-25(36)24-12-19(45-46(40,41)42)10-11-32(24,3)23(20)14-27(33(21,22)4)44-31-30(39)29(38)28(37)26(16-35)43-31/h17-31,34-39H,5-16H2,1-4H3,(H,40,41,42)/t18-,19+,20-,21+,22-,23-,24-,25+,26+,27+,28+,29-,30+,31-,32+,33+/m0/s1. The van der Waals surface area contributed by atoms with E-state index >= 15 is 0 Å². The molecule has 4 aliphatic carbocycles. The van der Waals surface area contributed by atoms with Gasteiger partial charge in [0.25, 0.3) is 0 Å². The van der Waals surface area contributed by atoms with Gasteiger partial charge in [-0.25, -0.2) is 4.18 Å². The highest BCUT2D eigenvalue weighted by atomic mass is 32.3. The Morgan fingerprint density at radius 2 is 1.61 bits per heavy atom. The minimum absolute atomic E-state index is 0.0380. The fourth-order valence-electron chi connectivity index (χ4n) is 11.0. The molecule has 0 aromatic heterocycles. The molecule has 0 aromatic rings. The summed E-state index contributed by atoms with van der Waals surface area (Å²) in [6.07, 6.45) is -1.76. The number of hydrogen-bond donors (Lipinski definition) is 7. The number of hydrogen-bond acceptors (Lipinski definition) is 11. The molecule has 46 heavy (non-hydrogen) atoms. The van der Waals surface area contributed by atoms with Gasteiger partial charge in [0.15, 0.2) is 6.29 Å². The van der Waals surface area contributed by atoms with Crippen LogP contribution in [0.15, 0.2) is 0 Å². The monoisotopic (exact) mass is 678 g/mol. The molecule has 0 aromatic carbocycles. The molecule has 0 bridgehead atoms. The van der Waals surface area contributed by atoms with E-state index in [-0.39, 0.29) is 47.5 Å². The van der Waals surface area contributed by atoms with Crippen molar-refractivity contribution >= 4 is 10.4 Å². The Morgan fingerprint density at radius 1 is 0.891 bits per heavy atom. The Hall–Kier alpha value is -0.450. The van der Waals surface area contributed by atoms with Gasteiger partial charge in [-0.15, -0.1) is 0 Å². The highest BCUT2D eigenvalue weighted by Crippen LogP contribution is 2.69. The summed E-state index contributed by atoms with van der Waals surface area (Å²) in [5.74, 6) is 0.791. The predicted octanol–water partition coefficient (Wildman–Crippen LogP) is 2.03. The number of aliphatic hydroxyl groups excluding tert-OH is 6. The van der Waals surface area contributed by atoms with Crippen LogP contribution in [0.4, 0.5) is 0 Å². The van der Waals surface area contributed by atoms with Crippen molar-refractivity contribution in [2.75, 3.05) is 13.2 Å². The zero-order chi connectivity index (χ0) is 33.8. The van der Waals surface area contributed by atoms with Gasteiger partial charge in [-0.3, -0.25) is 4.55 Å². The van der Waals surface area contributed by atoms with Crippen molar-refractivity contribution in [1.29, 1.82) is 0 Å². The highest BCUT2D eigenvalue weighted by molar-refractivity contribution is 7.80. The molecule has 4 saturated carbocycles. The van der Waals surface area contributed by atoms with Crippen LogP contribution in [0.1, 0.15) is 91.9 Å². The molecule has 12 nitrogen and oxygen atoms in total. The van der Waals surface area contributed by atoms with Crippen molar-refractivity contribution < 1.29 is 57.3 Å². The third-order valence-corrected chi connectivity index (χ3v) is 13.9. The first-order chi connectivity index (χ1) is 21.5. The lowest BCUT2D eigenvalue weighted by Crippen LogP contribution is -2.64. The van der Waals surface area contributed by atoms with Gasteiger partial charge in [0.05, 0.1) is 24.9 Å². The largest absolute Gasteiger partial charge is 0.397 e. The lowest BCUT2D eigenvalue weighted by Gasteiger charge is -2.64. The lowest BCUT2D eigenvalue weighted by molar-refractivity contribution is -0.333. The molecule has 0 radical (unpaired) electrons. The summed E-state index contributed by atoms with van der Waals surface area (Å²) in [7, 11) is -4.63. The van der Waals surface area contributed by atoms with Crippen LogP contribution >= 0.6 is 0 Å². The first kappa shape index (κ1) is 36.8. The van der Waals surface area contributed by atoms with Gasteiger partial charge < -0.3 is 40.1 Å². The first-order valence-electron chi connectivity index (χ1n) is 17.5. The Bertz CT molecular complexity index is 1140. The fraction of sp³-hybridized carbons (Fsp3) is 1.00. The quantitative estimate of drug-likeness (QED) is 0.124. The second-order valence-corrected chi connectivity index (χ2v) is 17.1. The molecule has 1 saturated heterocycles. The van der Waals surface area contributed by atoms with Crippen LogP contribution in [0.5, 0.6) is 0 Å². The molecule has 5 aliphatic rings. The maximum absolute atomic E-state index is 11.6. The van der Waals surface area contributed by atoms with E-state index in [1.807, 2.05) is 0 Å². The summed E-state index contributed by atoms with van der Waals surface area (Å²) in [5, 5.41) is 64.2. The van der Waals surface area contributed by atoms with Crippen LogP contribution < -0.4 is 0 Å². The molecule has 1 heterocycles. The summed E-state index contributed by atoms with van der Waals surface area (Å²) < 4.78 is 50.0. The Labute approximate surface area is 273 Å². The number of ether oxygens (including phenoxy) is 2. The summed E-state index contributed by atoms with van der Waals surface area (Å²) in [6, 6.07) is 0. The van der Waals surface area contributed by atoms with Crippen LogP contribution in [-0.2, 0) is 24.1 Å². The summed E-state index contributed by atoms with van der Waals surface area (Å²) >= 11 is 0. The Morgan fingerprint density at radius 3 is 2.24 bits per heavy atom. The van der Waals surface area contributed by atoms with Gasteiger partial charge in [0.2, 0.25) is 0 Å². The van der Waals surface area contributed by atoms with Crippen molar-refractivity contribution in [3.05, 3.63) is 0 Å². The second kappa shape index (κ2) is 14.0. The van der Waals surface area contributed by atoms with E-state index in [2.05, 4.69) is 27.7 Å². The first-order valence-corrected chi connectivity index (χ1v) is 18.8. The summed E-state index contributed by atoms with van der Waals surface area (Å²) in [4.78, 5) is 0. The SMILES string of the molecule is CC(C)CCC[C@@H](CO)[C@H]1CC[C@H]2[C@@H]3C[C@@H](O)[C@@H]4C[C@H](OS(=O)(=O)O)CC[C@]4(C)[C@H]3C[C@@H](O[C@@H]3O[C@H](CO)[C@@H](O)[C@H](O)[C@H]3O)[C@]12C. The van der Waals surface area contributed by atoms with Crippen molar-refractivity contribution in [3.63, 3.8) is 0 Å². The van der Waals surface area contributed by atoms with E-state index in [4.69, 9.17) is 13.7 Å². The van der Waals surface area contributed by atoms with E-state index in [0.29, 0.717) is 38.0 Å². The van der Waals surface area contributed by atoms with Crippen molar-refractivity contribution in [2.45, 2.75) is 141 Å². The van der Waals surface area contributed by atoms with E-state index in [1.165, 1.54) is 0 Å². The molecule has 0 unspecified atom stereocenters. The average Bonchev–Trinajstić information content (AvgIpc) is 3.34. The van der Waals surface area contributed by atoms with Crippen LogP contribution in [0.2, 0.25) is 0 Å². The minimum atomic E-state index is -4.63. The van der Waals surface area contributed by atoms with Gasteiger partial charge in [-0.2, -0.15) is 8.42 Å². The van der Waals surface area contributed by atoms with Gasteiger partial charge in [0.1, 0.15) is 24.4 Å². The zero-order valence-electron chi connectivity index (χ0n) is 27.7. The molecular formula is C33H58O12S. The van der Waals surface area contributed by atoms with Gasteiger partial charge in [0, 0.05) is 12.0 Å².